The number of benzene rings is 2. The maximum atomic E-state index is 12.6. The fraction of sp³-hybridized carbons (Fsp3) is 0.158. The molecule has 0 bridgehead atoms. The lowest BCUT2D eigenvalue weighted by Gasteiger charge is -2.16. The summed E-state index contributed by atoms with van der Waals surface area (Å²) in [6.45, 7) is 1.93. The molecule has 3 aromatic rings. The molecular weight excluding hydrogens is 288 g/mol. The average Bonchev–Trinajstić information content (AvgIpc) is 2.61. The molecular formula is C19H18N2O2. The van der Waals surface area contributed by atoms with Crippen molar-refractivity contribution >= 4 is 16.7 Å². The van der Waals surface area contributed by atoms with Crippen LogP contribution in [-0.4, -0.2) is 18.0 Å². The predicted octanol–water partition coefficient (Wildman–Crippen LogP) is 3.73. The summed E-state index contributed by atoms with van der Waals surface area (Å²) in [5, 5.41) is 5.04. The van der Waals surface area contributed by atoms with Gasteiger partial charge in [0.15, 0.2) is 0 Å². The molecule has 0 fully saturated rings. The summed E-state index contributed by atoms with van der Waals surface area (Å²) >= 11 is 0. The summed E-state index contributed by atoms with van der Waals surface area (Å²) in [7, 11) is 1.57. The van der Waals surface area contributed by atoms with E-state index in [1.807, 2.05) is 55.5 Å². The number of methoxy groups -OCH3 is 1. The highest BCUT2D eigenvalue weighted by molar-refractivity contribution is 6.01. The molecule has 1 unspecified atom stereocenters. The molecule has 116 valence electrons. The molecule has 0 aliphatic rings. The second kappa shape index (κ2) is 6.48. The third kappa shape index (κ3) is 3.16. The summed E-state index contributed by atoms with van der Waals surface area (Å²) in [5.74, 6) is 0.406. The van der Waals surface area contributed by atoms with Crippen LogP contribution in [-0.2, 0) is 0 Å². The van der Waals surface area contributed by atoms with Crippen molar-refractivity contribution in [3.05, 3.63) is 72.1 Å². The number of hydrogen-bond donors (Lipinski definition) is 1. The fourth-order valence-electron chi connectivity index (χ4n) is 2.56. The van der Waals surface area contributed by atoms with Crippen LogP contribution in [0.25, 0.3) is 10.8 Å². The van der Waals surface area contributed by atoms with E-state index in [0.29, 0.717) is 11.3 Å². The Bertz CT molecular complexity index is 831. The normalized spacial score (nSPS) is 11.9. The zero-order chi connectivity index (χ0) is 16.2. The highest BCUT2D eigenvalue weighted by Crippen LogP contribution is 2.26. The number of hydrogen-bond acceptors (Lipinski definition) is 3. The van der Waals surface area contributed by atoms with Crippen molar-refractivity contribution in [1.82, 2.24) is 10.3 Å². The fourth-order valence-corrected chi connectivity index (χ4v) is 2.56. The van der Waals surface area contributed by atoms with E-state index in [4.69, 9.17) is 4.74 Å². The van der Waals surface area contributed by atoms with Gasteiger partial charge < -0.3 is 10.1 Å². The Morgan fingerprint density at radius 1 is 1.13 bits per heavy atom. The van der Waals surface area contributed by atoms with E-state index in [9.17, 15) is 4.79 Å². The van der Waals surface area contributed by atoms with E-state index >= 15 is 0 Å². The van der Waals surface area contributed by atoms with Gasteiger partial charge in [-0.2, -0.15) is 0 Å². The van der Waals surface area contributed by atoms with Crippen LogP contribution in [0, 0.1) is 0 Å². The van der Waals surface area contributed by atoms with E-state index in [1.54, 1.807) is 19.5 Å². The Balaban J connectivity index is 1.91. The van der Waals surface area contributed by atoms with Gasteiger partial charge in [0.25, 0.3) is 5.91 Å². The Labute approximate surface area is 135 Å². The number of amides is 1. The maximum absolute atomic E-state index is 12.6. The van der Waals surface area contributed by atoms with Crippen LogP contribution < -0.4 is 10.1 Å². The van der Waals surface area contributed by atoms with E-state index in [0.717, 1.165) is 16.3 Å². The highest BCUT2D eigenvalue weighted by Gasteiger charge is 2.16. The summed E-state index contributed by atoms with van der Waals surface area (Å²) < 4.78 is 5.39. The Kier molecular flexibility index (Phi) is 4.24. The monoisotopic (exact) mass is 306 g/mol. The maximum Gasteiger partial charge on any atom is 0.255 e. The first kappa shape index (κ1) is 15.0. The van der Waals surface area contributed by atoms with Gasteiger partial charge in [0.1, 0.15) is 5.75 Å². The van der Waals surface area contributed by atoms with E-state index in [-0.39, 0.29) is 11.9 Å². The van der Waals surface area contributed by atoms with Gasteiger partial charge in [-0.3, -0.25) is 9.78 Å². The molecule has 1 N–H and O–H groups in total. The minimum absolute atomic E-state index is 0.132. The lowest BCUT2D eigenvalue weighted by molar-refractivity contribution is 0.0937. The summed E-state index contributed by atoms with van der Waals surface area (Å²) in [6, 6.07) is 15.3. The molecule has 0 radical (unpaired) electrons. The highest BCUT2D eigenvalue weighted by atomic mass is 16.5. The molecule has 1 amide bonds. The van der Waals surface area contributed by atoms with Crippen molar-refractivity contribution in [2.75, 3.05) is 7.11 Å². The third-order valence-corrected chi connectivity index (χ3v) is 3.84. The number of nitrogens with zero attached hydrogens (tertiary/aromatic N) is 1. The van der Waals surface area contributed by atoms with Crippen LogP contribution in [0.4, 0.5) is 0 Å². The van der Waals surface area contributed by atoms with Crippen molar-refractivity contribution in [2.24, 2.45) is 0 Å². The predicted molar refractivity (Wildman–Crippen MR) is 90.6 cm³/mol. The standard InChI is InChI=1S/C19H18N2O2/c1-13(16-8-5-9-20-12-16)21-19(22)17-10-14-6-3-4-7-15(14)11-18(17)23-2/h3-13H,1-2H3,(H,21,22). The number of aromatic nitrogens is 1. The molecule has 0 saturated heterocycles. The molecule has 0 aliphatic heterocycles. The molecule has 1 aromatic heterocycles. The van der Waals surface area contributed by atoms with Gasteiger partial charge in [0.05, 0.1) is 18.7 Å². The van der Waals surface area contributed by atoms with Gasteiger partial charge in [-0.25, -0.2) is 0 Å². The Hall–Kier alpha value is -2.88. The summed E-state index contributed by atoms with van der Waals surface area (Å²) in [4.78, 5) is 16.7. The molecule has 1 heterocycles. The molecule has 1 atom stereocenters. The molecule has 3 rings (SSSR count). The second-order valence-corrected chi connectivity index (χ2v) is 5.38. The van der Waals surface area contributed by atoms with E-state index in [1.165, 1.54) is 0 Å². The van der Waals surface area contributed by atoms with Gasteiger partial charge in [-0.05, 0) is 41.5 Å². The number of ether oxygens (including phenoxy) is 1. The van der Waals surface area contributed by atoms with Crippen LogP contribution in [0.3, 0.4) is 0 Å². The number of rotatable bonds is 4. The summed E-state index contributed by atoms with van der Waals surface area (Å²) in [5.41, 5.74) is 1.49. The summed E-state index contributed by atoms with van der Waals surface area (Å²) in [6.07, 6.45) is 3.47. The van der Waals surface area contributed by atoms with Crippen molar-refractivity contribution in [3.8, 4) is 5.75 Å². The van der Waals surface area contributed by atoms with Gasteiger partial charge in [-0.15, -0.1) is 0 Å². The van der Waals surface area contributed by atoms with E-state index < -0.39 is 0 Å². The SMILES string of the molecule is COc1cc2ccccc2cc1C(=O)NC(C)c1cccnc1. The first-order chi connectivity index (χ1) is 11.2. The van der Waals surface area contributed by atoms with Gasteiger partial charge >= 0.3 is 0 Å². The zero-order valence-corrected chi connectivity index (χ0v) is 13.1. The molecule has 0 saturated carbocycles. The van der Waals surface area contributed by atoms with Crippen LogP contribution in [0.15, 0.2) is 60.9 Å². The van der Waals surface area contributed by atoms with E-state index in [2.05, 4.69) is 10.3 Å². The first-order valence-electron chi connectivity index (χ1n) is 7.46. The minimum Gasteiger partial charge on any atom is -0.496 e. The van der Waals surface area contributed by atoms with Crippen molar-refractivity contribution in [2.45, 2.75) is 13.0 Å². The van der Waals surface area contributed by atoms with Crippen molar-refractivity contribution in [3.63, 3.8) is 0 Å². The molecule has 0 aliphatic carbocycles. The smallest absolute Gasteiger partial charge is 0.255 e. The number of pyridine rings is 1. The van der Waals surface area contributed by atoms with Crippen LogP contribution in [0.1, 0.15) is 28.9 Å². The average molecular weight is 306 g/mol. The number of nitrogens with one attached hydrogen (secondary N) is 1. The molecule has 4 nitrogen and oxygen atoms in total. The molecule has 23 heavy (non-hydrogen) atoms. The number of carbonyl (C=O) groups excluding carboxylic acids is 1. The topological polar surface area (TPSA) is 51.2 Å². The van der Waals surface area contributed by atoms with Crippen LogP contribution in [0.2, 0.25) is 0 Å². The van der Waals surface area contributed by atoms with Crippen LogP contribution >= 0.6 is 0 Å². The number of fused-ring (bicyclic) bond motifs is 1. The molecule has 4 heteroatoms. The first-order valence-corrected chi connectivity index (χ1v) is 7.46. The van der Waals surface area contributed by atoms with Gasteiger partial charge in [0.2, 0.25) is 0 Å². The largest absolute Gasteiger partial charge is 0.496 e. The second-order valence-electron chi connectivity index (χ2n) is 5.38. The molecule has 0 spiro atoms. The van der Waals surface area contributed by atoms with Crippen molar-refractivity contribution in [1.29, 1.82) is 0 Å². The van der Waals surface area contributed by atoms with Crippen molar-refractivity contribution < 1.29 is 9.53 Å². The Morgan fingerprint density at radius 3 is 2.52 bits per heavy atom. The third-order valence-electron chi connectivity index (χ3n) is 3.84. The minimum atomic E-state index is -0.163. The van der Waals surface area contributed by atoms with Gasteiger partial charge in [0, 0.05) is 12.4 Å². The lowest BCUT2D eigenvalue weighted by atomic mass is 10.0. The Morgan fingerprint density at radius 2 is 1.87 bits per heavy atom. The molecule has 2 aromatic carbocycles. The lowest BCUT2D eigenvalue weighted by Crippen LogP contribution is -2.27. The van der Waals surface area contributed by atoms with Gasteiger partial charge in [-0.1, -0.05) is 30.3 Å². The number of carbonyl (C=O) groups is 1. The quantitative estimate of drug-likeness (QED) is 0.799. The van der Waals surface area contributed by atoms with Crippen LogP contribution in [0.5, 0.6) is 5.75 Å². The zero-order valence-electron chi connectivity index (χ0n) is 13.1.